The van der Waals surface area contributed by atoms with Gasteiger partial charge in [0, 0.05) is 0 Å². The van der Waals surface area contributed by atoms with E-state index in [0.717, 1.165) is 6.42 Å². The van der Waals surface area contributed by atoms with Crippen LogP contribution in [0, 0.1) is 5.41 Å². The first-order chi connectivity index (χ1) is 5.58. The Labute approximate surface area is 74.0 Å². The van der Waals surface area contributed by atoms with Crippen LogP contribution in [0.15, 0.2) is 16.3 Å². The van der Waals surface area contributed by atoms with Crippen molar-refractivity contribution in [1.82, 2.24) is 0 Å². The number of allylic oxidation sites excluding steroid dienone is 2. The van der Waals surface area contributed by atoms with Crippen molar-refractivity contribution in [3.8, 4) is 0 Å². The predicted octanol–water partition coefficient (Wildman–Crippen LogP) is 2.97. The van der Waals surface area contributed by atoms with E-state index in [1.807, 2.05) is 0 Å². The Morgan fingerprint density at radius 2 is 2.17 bits per heavy atom. The van der Waals surface area contributed by atoms with Crippen molar-refractivity contribution < 1.29 is 5.21 Å². The molecule has 0 atom stereocenters. The highest BCUT2D eigenvalue weighted by molar-refractivity contribution is 5.81. The molecule has 0 spiro atoms. The lowest BCUT2D eigenvalue weighted by atomic mass is 9.73. The summed E-state index contributed by atoms with van der Waals surface area (Å²) in [6.45, 7) is 6.53. The Hall–Kier alpha value is -0.790. The van der Waals surface area contributed by atoms with Crippen LogP contribution in [-0.2, 0) is 0 Å². The molecular weight excluding hydrogens is 150 g/mol. The molecule has 0 aromatic heterocycles. The first kappa shape index (κ1) is 9.30. The van der Waals surface area contributed by atoms with Gasteiger partial charge in [-0.05, 0) is 37.2 Å². The summed E-state index contributed by atoms with van der Waals surface area (Å²) in [4.78, 5) is 0. The maximum Gasteiger partial charge on any atom is 0.0698 e. The highest BCUT2D eigenvalue weighted by Gasteiger charge is 2.27. The van der Waals surface area contributed by atoms with Crippen LogP contribution in [-0.4, -0.2) is 11.4 Å². The van der Waals surface area contributed by atoms with Gasteiger partial charge in [-0.2, -0.15) is 0 Å². The molecular formula is C10H17NO. The highest BCUT2D eigenvalue weighted by atomic mass is 16.4. The smallest absolute Gasteiger partial charge is 0.0698 e. The van der Waals surface area contributed by atoms with Crippen LogP contribution in [0.5, 0.6) is 0 Å². The fraction of sp³-hybridized carbons (Fsp3) is 0.700. The van der Waals surface area contributed by atoms with E-state index in [4.69, 9.17) is 5.21 Å². The topological polar surface area (TPSA) is 32.6 Å². The monoisotopic (exact) mass is 167 g/mol. The number of nitrogens with zero attached hydrogens (tertiary/aromatic N) is 1. The lowest BCUT2D eigenvalue weighted by Crippen LogP contribution is -2.21. The van der Waals surface area contributed by atoms with Crippen LogP contribution >= 0.6 is 0 Å². The SMILES string of the molecule is CC1=C(/C=N/O)C(C)(C)CCC1. The molecule has 1 N–H and O–H groups in total. The van der Waals surface area contributed by atoms with Gasteiger partial charge in [0.1, 0.15) is 0 Å². The van der Waals surface area contributed by atoms with Crippen molar-refractivity contribution in [2.75, 3.05) is 0 Å². The number of oxime groups is 1. The summed E-state index contributed by atoms with van der Waals surface area (Å²) in [5, 5.41) is 11.6. The minimum Gasteiger partial charge on any atom is -0.411 e. The summed E-state index contributed by atoms with van der Waals surface area (Å²) in [7, 11) is 0. The Morgan fingerprint density at radius 1 is 1.50 bits per heavy atom. The second kappa shape index (κ2) is 3.30. The lowest BCUT2D eigenvalue weighted by Gasteiger charge is -2.31. The summed E-state index contributed by atoms with van der Waals surface area (Å²) < 4.78 is 0. The second-order valence-electron chi connectivity index (χ2n) is 4.18. The van der Waals surface area contributed by atoms with Crippen LogP contribution in [0.2, 0.25) is 0 Å². The zero-order valence-electron chi connectivity index (χ0n) is 8.09. The van der Waals surface area contributed by atoms with Gasteiger partial charge in [0.25, 0.3) is 0 Å². The van der Waals surface area contributed by atoms with Gasteiger partial charge < -0.3 is 5.21 Å². The largest absolute Gasteiger partial charge is 0.411 e. The number of hydrogen-bond donors (Lipinski definition) is 1. The zero-order valence-corrected chi connectivity index (χ0v) is 8.09. The predicted molar refractivity (Wildman–Crippen MR) is 50.6 cm³/mol. The van der Waals surface area contributed by atoms with E-state index in [1.54, 1.807) is 6.21 Å². The molecule has 68 valence electrons. The summed E-state index contributed by atoms with van der Waals surface area (Å²) in [5.74, 6) is 0. The van der Waals surface area contributed by atoms with Gasteiger partial charge in [-0.15, -0.1) is 0 Å². The minimum atomic E-state index is 0.189. The summed E-state index contributed by atoms with van der Waals surface area (Å²) in [6, 6.07) is 0. The van der Waals surface area contributed by atoms with E-state index in [9.17, 15) is 0 Å². The zero-order chi connectivity index (χ0) is 9.19. The van der Waals surface area contributed by atoms with E-state index in [1.165, 1.54) is 24.0 Å². The second-order valence-corrected chi connectivity index (χ2v) is 4.18. The van der Waals surface area contributed by atoms with Gasteiger partial charge >= 0.3 is 0 Å². The quantitative estimate of drug-likeness (QED) is 0.363. The van der Waals surface area contributed by atoms with E-state index in [2.05, 4.69) is 25.9 Å². The van der Waals surface area contributed by atoms with Crippen molar-refractivity contribution in [2.45, 2.75) is 40.0 Å². The van der Waals surface area contributed by atoms with Crippen LogP contribution in [0.3, 0.4) is 0 Å². The van der Waals surface area contributed by atoms with Gasteiger partial charge in [-0.25, -0.2) is 0 Å². The summed E-state index contributed by atoms with van der Waals surface area (Å²) >= 11 is 0. The van der Waals surface area contributed by atoms with Crippen molar-refractivity contribution in [3.05, 3.63) is 11.1 Å². The molecule has 0 amide bonds. The maximum atomic E-state index is 8.50. The standard InChI is InChI=1S/C10H17NO/c1-8-5-4-6-10(2,3)9(8)7-11-12/h7,12H,4-6H2,1-3H3/b11-7+. The van der Waals surface area contributed by atoms with Gasteiger partial charge in [0.2, 0.25) is 0 Å². The average molecular weight is 167 g/mol. The van der Waals surface area contributed by atoms with Crippen molar-refractivity contribution in [1.29, 1.82) is 0 Å². The number of rotatable bonds is 1. The Bertz CT molecular complexity index is 226. The molecule has 0 aromatic rings. The average Bonchev–Trinajstić information content (AvgIpc) is 1.97. The van der Waals surface area contributed by atoms with Crippen molar-refractivity contribution >= 4 is 6.21 Å². The maximum absolute atomic E-state index is 8.50. The molecule has 0 aromatic carbocycles. The number of hydrogen-bond acceptors (Lipinski definition) is 2. The Kier molecular flexibility index (Phi) is 2.55. The molecule has 0 aliphatic heterocycles. The van der Waals surface area contributed by atoms with Gasteiger partial charge in [-0.3, -0.25) is 0 Å². The molecule has 1 aliphatic carbocycles. The Morgan fingerprint density at radius 3 is 2.67 bits per heavy atom. The van der Waals surface area contributed by atoms with Crippen LogP contribution in [0.1, 0.15) is 40.0 Å². The molecule has 0 bridgehead atoms. The third kappa shape index (κ3) is 1.68. The fourth-order valence-corrected chi connectivity index (χ4v) is 1.99. The molecule has 12 heavy (non-hydrogen) atoms. The molecule has 1 rings (SSSR count). The lowest BCUT2D eigenvalue weighted by molar-refractivity contribution is 0.318. The molecule has 0 heterocycles. The first-order valence-electron chi connectivity index (χ1n) is 4.45. The molecule has 2 heteroatoms. The fourth-order valence-electron chi connectivity index (χ4n) is 1.99. The third-order valence-corrected chi connectivity index (χ3v) is 2.73. The van der Waals surface area contributed by atoms with Crippen molar-refractivity contribution in [2.24, 2.45) is 10.6 Å². The van der Waals surface area contributed by atoms with E-state index in [-0.39, 0.29) is 5.41 Å². The van der Waals surface area contributed by atoms with Gasteiger partial charge in [-0.1, -0.05) is 24.6 Å². The van der Waals surface area contributed by atoms with Crippen molar-refractivity contribution in [3.63, 3.8) is 0 Å². The van der Waals surface area contributed by atoms with Crippen LogP contribution in [0.4, 0.5) is 0 Å². The van der Waals surface area contributed by atoms with E-state index in [0.29, 0.717) is 0 Å². The third-order valence-electron chi connectivity index (χ3n) is 2.73. The minimum absolute atomic E-state index is 0.189. The van der Waals surface area contributed by atoms with Gasteiger partial charge in [0.15, 0.2) is 0 Å². The van der Waals surface area contributed by atoms with Gasteiger partial charge in [0.05, 0.1) is 6.21 Å². The van der Waals surface area contributed by atoms with E-state index < -0.39 is 0 Å². The van der Waals surface area contributed by atoms with Crippen LogP contribution in [0.25, 0.3) is 0 Å². The molecule has 1 aliphatic rings. The first-order valence-corrected chi connectivity index (χ1v) is 4.45. The van der Waals surface area contributed by atoms with E-state index >= 15 is 0 Å². The van der Waals surface area contributed by atoms with Crippen LogP contribution < -0.4 is 0 Å². The molecule has 0 saturated carbocycles. The molecule has 2 nitrogen and oxygen atoms in total. The summed E-state index contributed by atoms with van der Waals surface area (Å²) in [6.07, 6.45) is 5.17. The molecule has 0 saturated heterocycles. The highest BCUT2D eigenvalue weighted by Crippen LogP contribution is 2.38. The molecule has 0 radical (unpaired) electrons. The molecule has 0 unspecified atom stereocenters. The normalized spacial score (nSPS) is 23.6. The Balaban J connectivity index is 3.00. The summed E-state index contributed by atoms with van der Waals surface area (Å²) in [5.41, 5.74) is 2.76. The molecule has 0 fully saturated rings.